The number of aromatic nitrogens is 1. The molecule has 1 saturated heterocycles. The Morgan fingerprint density at radius 1 is 1.11 bits per heavy atom. The van der Waals surface area contributed by atoms with E-state index in [1.807, 2.05) is 0 Å². The summed E-state index contributed by atoms with van der Waals surface area (Å²) < 4.78 is 21.6. The number of halogens is 1. The predicted molar refractivity (Wildman–Crippen MR) is 141 cm³/mol. The SMILES string of the molecule is CC(=O)NCC1CN(c2ccc(-c3ccc(CNC(=O)/C=C/c4cccn(C)c4=O)cc3)c(F)c2)C(=O)O1. The zero-order valence-corrected chi connectivity index (χ0v) is 20.9. The van der Waals surface area contributed by atoms with E-state index in [4.69, 9.17) is 4.74 Å². The topological polar surface area (TPSA) is 110 Å². The molecule has 2 N–H and O–H groups in total. The minimum absolute atomic E-state index is 0.189. The Morgan fingerprint density at radius 3 is 2.58 bits per heavy atom. The molecule has 38 heavy (non-hydrogen) atoms. The van der Waals surface area contributed by atoms with Crippen LogP contribution in [-0.4, -0.2) is 41.7 Å². The van der Waals surface area contributed by atoms with Crippen LogP contribution in [0, 0.1) is 5.82 Å². The van der Waals surface area contributed by atoms with Crippen molar-refractivity contribution in [3.05, 3.63) is 94.2 Å². The summed E-state index contributed by atoms with van der Waals surface area (Å²) in [5.41, 5.74) is 2.39. The second-order valence-electron chi connectivity index (χ2n) is 8.85. The molecule has 2 heterocycles. The summed E-state index contributed by atoms with van der Waals surface area (Å²) >= 11 is 0. The van der Waals surface area contributed by atoms with Gasteiger partial charge in [0.2, 0.25) is 11.8 Å². The summed E-state index contributed by atoms with van der Waals surface area (Å²) in [6, 6.07) is 14.9. The number of hydrogen-bond acceptors (Lipinski definition) is 5. The highest BCUT2D eigenvalue weighted by atomic mass is 19.1. The van der Waals surface area contributed by atoms with Crippen molar-refractivity contribution in [2.24, 2.45) is 7.05 Å². The molecule has 2 aromatic carbocycles. The summed E-state index contributed by atoms with van der Waals surface area (Å²) in [5, 5.41) is 5.36. The Labute approximate surface area is 218 Å². The van der Waals surface area contributed by atoms with E-state index in [1.165, 1.54) is 34.6 Å². The van der Waals surface area contributed by atoms with Crippen molar-refractivity contribution in [2.45, 2.75) is 19.6 Å². The van der Waals surface area contributed by atoms with Crippen molar-refractivity contribution in [1.82, 2.24) is 15.2 Å². The molecular weight excluding hydrogens is 491 g/mol. The molecule has 9 nitrogen and oxygen atoms in total. The molecule has 1 atom stereocenters. The summed E-state index contributed by atoms with van der Waals surface area (Å²) in [7, 11) is 1.64. The number of anilines is 1. The fourth-order valence-electron chi connectivity index (χ4n) is 3.96. The van der Waals surface area contributed by atoms with Gasteiger partial charge in [-0.1, -0.05) is 24.3 Å². The molecule has 196 valence electrons. The predicted octanol–water partition coefficient (Wildman–Crippen LogP) is 2.98. The van der Waals surface area contributed by atoms with Crippen LogP contribution in [0.4, 0.5) is 14.9 Å². The second-order valence-corrected chi connectivity index (χ2v) is 8.85. The first kappa shape index (κ1) is 26.3. The van der Waals surface area contributed by atoms with Crippen LogP contribution in [0.1, 0.15) is 18.1 Å². The van der Waals surface area contributed by atoms with Crippen molar-refractivity contribution < 1.29 is 23.5 Å². The van der Waals surface area contributed by atoms with Gasteiger partial charge in [0.25, 0.3) is 5.56 Å². The minimum atomic E-state index is -0.597. The standard InChI is InChI=1S/C28H27FN4O5/c1-18(34)30-16-23-17-33(28(37)38-23)22-10-11-24(25(29)14-22)20-7-5-19(6-8-20)15-31-26(35)12-9-21-4-3-13-32(2)27(21)36/h3-14,23H,15-17H2,1-2H3,(H,30,34)(H,31,35)/b12-9+. The van der Waals surface area contributed by atoms with Crippen molar-refractivity contribution in [3.63, 3.8) is 0 Å². The van der Waals surface area contributed by atoms with E-state index in [9.17, 15) is 23.6 Å². The van der Waals surface area contributed by atoms with E-state index in [-0.39, 0.29) is 37.0 Å². The molecule has 1 aliphatic heterocycles. The Hall–Kier alpha value is -4.73. The molecule has 0 saturated carbocycles. The van der Waals surface area contributed by atoms with E-state index in [0.717, 1.165) is 5.56 Å². The lowest BCUT2D eigenvalue weighted by atomic mass is 10.0. The van der Waals surface area contributed by atoms with Crippen LogP contribution >= 0.6 is 0 Å². The van der Waals surface area contributed by atoms with Crippen molar-refractivity contribution in [3.8, 4) is 11.1 Å². The quantitative estimate of drug-likeness (QED) is 0.446. The maximum atomic E-state index is 15.0. The third-order valence-electron chi connectivity index (χ3n) is 6.02. The highest BCUT2D eigenvalue weighted by Gasteiger charge is 2.32. The summed E-state index contributed by atoms with van der Waals surface area (Å²) in [4.78, 5) is 48.8. The summed E-state index contributed by atoms with van der Waals surface area (Å²) in [6.45, 7) is 2.03. The fourth-order valence-corrected chi connectivity index (χ4v) is 3.96. The zero-order chi connectivity index (χ0) is 27.2. The van der Waals surface area contributed by atoms with E-state index < -0.39 is 18.0 Å². The molecule has 3 amide bonds. The average molecular weight is 519 g/mol. The van der Waals surface area contributed by atoms with E-state index in [0.29, 0.717) is 22.4 Å². The molecule has 3 aromatic rings. The van der Waals surface area contributed by atoms with Crippen molar-refractivity contribution in [1.29, 1.82) is 0 Å². The summed E-state index contributed by atoms with van der Waals surface area (Å²) in [6.07, 6.45) is 3.31. The number of nitrogens with one attached hydrogen (secondary N) is 2. The van der Waals surface area contributed by atoms with Gasteiger partial charge < -0.3 is 19.9 Å². The van der Waals surface area contributed by atoms with Crippen LogP contribution in [0.2, 0.25) is 0 Å². The molecule has 4 rings (SSSR count). The number of aryl methyl sites for hydroxylation is 1. The van der Waals surface area contributed by atoms with Gasteiger partial charge in [0.05, 0.1) is 18.8 Å². The minimum Gasteiger partial charge on any atom is -0.442 e. The third-order valence-corrected chi connectivity index (χ3v) is 6.02. The molecule has 10 heteroatoms. The van der Waals surface area contributed by atoms with Gasteiger partial charge in [-0.15, -0.1) is 0 Å². The number of rotatable bonds is 8. The third kappa shape index (κ3) is 6.33. The first-order valence-corrected chi connectivity index (χ1v) is 11.9. The van der Waals surface area contributed by atoms with Gasteiger partial charge >= 0.3 is 6.09 Å². The molecule has 0 bridgehead atoms. The molecule has 1 aromatic heterocycles. The monoisotopic (exact) mass is 518 g/mol. The normalized spacial score (nSPS) is 15.0. The van der Waals surface area contributed by atoms with Crippen LogP contribution in [0.3, 0.4) is 0 Å². The number of cyclic esters (lactones) is 1. The molecule has 1 aliphatic rings. The van der Waals surface area contributed by atoms with Crippen LogP contribution in [0.5, 0.6) is 0 Å². The number of nitrogens with zero attached hydrogens (tertiary/aromatic N) is 2. The number of amides is 3. The highest BCUT2D eigenvalue weighted by molar-refractivity contribution is 5.92. The molecule has 0 aliphatic carbocycles. The van der Waals surface area contributed by atoms with E-state index >= 15 is 0 Å². The number of carbonyl (C=O) groups is 3. The number of benzene rings is 2. The lowest BCUT2D eigenvalue weighted by molar-refractivity contribution is -0.119. The van der Waals surface area contributed by atoms with Crippen LogP contribution in [0.25, 0.3) is 17.2 Å². The maximum absolute atomic E-state index is 15.0. The Kier molecular flexibility index (Phi) is 8.00. The van der Waals surface area contributed by atoms with Crippen LogP contribution < -0.4 is 21.1 Å². The number of hydrogen-bond donors (Lipinski definition) is 2. The van der Waals surface area contributed by atoms with Gasteiger partial charge in [-0.05, 0) is 47.5 Å². The lowest BCUT2D eigenvalue weighted by Gasteiger charge is -2.15. The number of carbonyl (C=O) groups excluding carboxylic acids is 3. The average Bonchev–Trinajstić information content (AvgIpc) is 3.28. The molecule has 1 unspecified atom stereocenters. The van der Waals surface area contributed by atoms with Gasteiger partial charge in [-0.2, -0.15) is 0 Å². The van der Waals surface area contributed by atoms with Gasteiger partial charge in [0.15, 0.2) is 0 Å². The molecule has 0 radical (unpaired) electrons. The first-order valence-electron chi connectivity index (χ1n) is 11.9. The van der Waals surface area contributed by atoms with Gasteiger partial charge in [0.1, 0.15) is 11.9 Å². The van der Waals surface area contributed by atoms with Gasteiger partial charge in [0, 0.05) is 43.9 Å². The zero-order valence-electron chi connectivity index (χ0n) is 20.9. The largest absolute Gasteiger partial charge is 0.442 e. The first-order chi connectivity index (χ1) is 18.2. The number of pyridine rings is 1. The Balaban J connectivity index is 1.35. The number of ether oxygens (including phenoxy) is 1. The molecule has 1 fully saturated rings. The smallest absolute Gasteiger partial charge is 0.414 e. The van der Waals surface area contributed by atoms with Gasteiger partial charge in [-0.3, -0.25) is 19.3 Å². The van der Waals surface area contributed by atoms with Crippen molar-refractivity contribution in [2.75, 3.05) is 18.0 Å². The van der Waals surface area contributed by atoms with E-state index in [1.54, 1.807) is 61.8 Å². The van der Waals surface area contributed by atoms with E-state index in [2.05, 4.69) is 10.6 Å². The second kappa shape index (κ2) is 11.5. The van der Waals surface area contributed by atoms with Crippen molar-refractivity contribution >= 4 is 29.7 Å². The maximum Gasteiger partial charge on any atom is 0.414 e. The van der Waals surface area contributed by atoms with Crippen LogP contribution in [-0.2, 0) is 27.9 Å². The molecular formula is C28H27FN4O5. The lowest BCUT2D eigenvalue weighted by Crippen LogP contribution is -2.33. The highest BCUT2D eigenvalue weighted by Crippen LogP contribution is 2.29. The Morgan fingerprint density at radius 2 is 1.87 bits per heavy atom. The van der Waals surface area contributed by atoms with Crippen LogP contribution in [0.15, 0.2) is 71.7 Å². The summed E-state index contributed by atoms with van der Waals surface area (Å²) in [5.74, 6) is -1.07. The molecule has 0 spiro atoms. The fraction of sp³-hybridized carbons (Fsp3) is 0.214. The van der Waals surface area contributed by atoms with Gasteiger partial charge in [-0.25, -0.2) is 9.18 Å². The Bertz CT molecular complexity index is 1450.